The van der Waals surface area contributed by atoms with Crippen LogP contribution in [0.5, 0.6) is 0 Å². The Labute approximate surface area is 124 Å². The standard InChI is InChI=1S/C13H20N2O5S/c1-9(2)8-14-11-4-3-10(13(17)18)7-12(11)21(19,20)15-5-6-16/h3-4,7,9,14-16H,5-6,8H2,1-2H3,(H,17,18). The second-order valence-corrected chi connectivity index (χ2v) is 6.65. The van der Waals surface area contributed by atoms with Crippen molar-refractivity contribution in [3.8, 4) is 0 Å². The van der Waals surface area contributed by atoms with Crippen LogP contribution in [0.2, 0.25) is 0 Å². The van der Waals surface area contributed by atoms with Crippen molar-refractivity contribution in [2.75, 3.05) is 25.0 Å². The molecule has 8 heteroatoms. The molecule has 21 heavy (non-hydrogen) atoms. The molecule has 0 radical (unpaired) electrons. The summed E-state index contributed by atoms with van der Waals surface area (Å²) in [5.74, 6) is -0.908. The number of aliphatic hydroxyl groups is 1. The van der Waals surface area contributed by atoms with Gasteiger partial charge in [0.1, 0.15) is 4.90 Å². The van der Waals surface area contributed by atoms with Crippen LogP contribution in [0.25, 0.3) is 0 Å². The van der Waals surface area contributed by atoms with Crippen LogP contribution in [0.4, 0.5) is 5.69 Å². The van der Waals surface area contributed by atoms with Gasteiger partial charge in [0.05, 0.1) is 17.9 Å². The van der Waals surface area contributed by atoms with E-state index in [1.807, 2.05) is 13.8 Å². The molecule has 0 bridgehead atoms. The molecule has 0 aliphatic rings. The summed E-state index contributed by atoms with van der Waals surface area (Å²) in [7, 11) is -3.89. The van der Waals surface area contributed by atoms with Gasteiger partial charge in [-0.1, -0.05) is 13.8 Å². The van der Waals surface area contributed by atoms with Gasteiger partial charge in [0.2, 0.25) is 10.0 Å². The van der Waals surface area contributed by atoms with E-state index >= 15 is 0 Å². The lowest BCUT2D eigenvalue weighted by Crippen LogP contribution is -2.28. The number of carbonyl (C=O) groups is 1. The third kappa shape index (κ3) is 5.00. The number of carboxylic acid groups (broad SMARTS) is 1. The van der Waals surface area contributed by atoms with Gasteiger partial charge in [0, 0.05) is 13.1 Å². The first kappa shape index (κ1) is 17.4. The monoisotopic (exact) mass is 316 g/mol. The Morgan fingerprint density at radius 1 is 1.33 bits per heavy atom. The topological polar surface area (TPSA) is 116 Å². The van der Waals surface area contributed by atoms with Crippen molar-refractivity contribution in [3.05, 3.63) is 23.8 Å². The molecule has 1 rings (SSSR count). The van der Waals surface area contributed by atoms with Crippen LogP contribution in [0.1, 0.15) is 24.2 Å². The molecule has 1 aromatic carbocycles. The minimum Gasteiger partial charge on any atom is -0.478 e. The molecule has 0 fully saturated rings. The van der Waals surface area contributed by atoms with Crippen molar-refractivity contribution < 1.29 is 23.4 Å². The molecule has 4 N–H and O–H groups in total. The first-order valence-corrected chi connectivity index (χ1v) is 7.98. The number of hydrogen-bond acceptors (Lipinski definition) is 5. The predicted octanol–water partition coefficient (Wildman–Crippen LogP) is 0.723. The summed E-state index contributed by atoms with van der Waals surface area (Å²) in [5, 5.41) is 20.7. The lowest BCUT2D eigenvalue weighted by atomic mass is 10.2. The SMILES string of the molecule is CC(C)CNc1ccc(C(=O)O)cc1S(=O)(=O)NCCO. The Morgan fingerprint density at radius 3 is 2.52 bits per heavy atom. The van der Waals surface area contributed by atoms with Gasteiger partial charge in [-0.05, 0) is 24.1 Å². The molecule has 7 nitrogen and oxygen atoms in total. The summed E-state index contributed by atoms with van der Waals surface area (Å²) in [6.45, 7) is 4.01. The Hall–Kier alpha value is -1.64. The van der Waals surface area contributed by atoms with Gasteiger partial charge >= 0.3 is 5.97 Å². The van der Waals surface area contributed by atoms with Crippen molar-refractivity contribution >= 4 is 21.7 Å². The van der Waals surface area contributed by atoms with Crippen LogP contribution in [-0.2, 0) is 10.0 Å². The highest BCUT2D eigenvalue weighted by molar-refractivity contribution is 7.89. The van der Waals surface area contributed by atoms with E-state index in [-0.39, 0.29) is 23.6 Å². The number of anilines is 1. The van der Waals surface area contributed by atoms with Crippen molar-refractivity contribution in [2.45, 2.75) is 18.7 Å². The quantitative estimate of drug-likeness (QED) is 0.562. The highest BCUT2D eigenvalue weighted by atomic mass is 32.2. The Bertz CT molecular complexity index is 599. The number of aliphatic hydroxyl groups excluding tert-OH is 1. The van der Waals surface area contributed by atoms with E-state index < -0.39 is 16.0 Å². The van der Waals surface area contributed by atoms with E-state index in [4.69, 9.17) is 10.2 Å². The Morgan fingerprint density at radius 2 is 2.00 bits per heavy atom. The van der Waals surface area contributed by atoms with Crippen molar-refractivity contribution in [3.63, 3.8) is 0 Å². The van der Waals surface area contributed by atoms with Crippen molar-refractivity contribution in [2.24, 2.45) is 5.92 Å². The molecule has 1 aromatic rings. The molecular weight excluding hydrogens is 296 g/mol. The number of sulfonamides is 1. The number of aromatic carboxylic acids is 1. The maximum Gasteiger partial charge on any atom is 0.335 e. The Kier molecular flexibility index (Phi) is 6.13. The fraction of sp³-hybridized carbons (Fsp3) is 0.462. The van der Waals surface area contributed by atoms with E-state index in [0.717, 1.165) is 6.07 Å². The number of carboxylic acids is 1. The van der Waals surface area contributed by atoms with Crippen LogP contribution in [0.15, 0.2) is 23.1 Å². The van der Waals surface area contributed by atoms with Gasteiger partial charge < -0.3 is 15.5 Å². The van der Waals surface area contributed by atoms with E-state index in [2.05, 4.69) is 10.0 Å². The van der Waals surface area contributed by atoms with E-state index in [1.165, 1.54) is 12.1 Å². The van der Waals surface area contributed by atoms with Crippen LogP contribution < -0.4 is 10.0 Å². The smallest absolute Gasteiger partial charge is 0.335 e. The van der Waals surface area contributed by atoms with Gasteiger partial charge in [0.15, 0.2) is 0 Å². The molecule has 118 valence electrons. The average Bonchev–Trinajstić information content (AvgIpc) is 2.42. The molecule has 0 unspecified atom stereocenters. The minimum absolute atomic E-state index is 0.116. The zero-order valence-electron chi connectivity index (χ0n) is 12.0. The predicted molar refractivity (Wildman–Crippen MR) is 79.0 cm³/mol. The second kappa shape index (κ2) is 7.39. The third-order valence-corrected chi connectivity index (χ3v) is 4.12. The largest absolute Gasteiger partial charge is 0.478 e. The molecule has 0 spiro atoms. The normalized spacial score (nSPS) is 11.6. The molecule has 0 saturated heterocycles. The van der Waals surface area contributed by atoms with Crippen molar-refractivity contribution in [1.29, 1.82) is 0 Å². The molecule has 0 aliphatic carbocycles. The fourth-order valence-electron chi connectivity index (χ4n) is 1.60. The lowest BCUT2D eigenvalue weighted by molar-refractivity contribution is 0.0696. The number of rotatable bonds is 8. The maximum atomic E-state index is 12.2. The number of hydrogen-bond donors (Lipinski definition) is 4. The average molecular weight is 316 g/mol. The third-order valence-electron chi connectivity index (χ3n) is 2.62. The fourth-order valence-corrected chi connectivity index (χ4v) is 2.82. The summed E-state index contributed by atoms with van der Waals surface area (Å²) < 4.78 is 26.6. The first-order chi connectivity index (χ1) is 9.77. The highest BCUT2D eigenvalue weighted by Crippen LogP contribution is 2.23. The molecular formula is C13H20N2O5S. The van der Waals surface area contributed by atoms with Crippen LogP contribution in [0, 0.1) is 5.92 Å². The van der Waals surface area contributed by atoms with Gasteiger partial charge in [-0.3, -0.25) is 0 Å². The van der Waals surface area contributed by atoms with Gasteiger partial charge in [-0.2, -0.15) is 0 Å². The molecule has 0 atom stereocenters. The number of nitrogens with one attached hydrogen (secondary N) is 2. The summed E-state index contributed by atoms with van der Waals surface area (Å²) in [5.41, 5.74) is 0.216. The summed E-state index contributed by atoms with van der Waals surface area (Å²) in [6.07, 6.45) is 0. The van der Waals surface area contributed by atoms with Crippen molar-refractivity contribution in [1.82, 2.24) is 4.72 Å². The number of benzene rings is 1. The van der Waals surface area contributed by atoms with Crippen LogP contribution >= 0.6 is 0 Å². The highest BCUT2D eigenvalue weighted by Gasteiger charge is 2.20. The van der Waals surface area contributed by atoms with Gasteiger partial charge in [0.25, 0.3) is 0 Å². The molecule has 0 saturated carbocycles. The van der Waals surface area contributed by atoms with E-state index in [1.54, 1.807) is 0 Å². The van der Waals surface area contributed by atoms with E-state index in [0.29, 0.717) is 18.2 Å². The zero-order chi connectivity index (χ0) is 16.0. The maximum absolute atomic E-state index is 12.2. The second-order valence-electron chi connectivity index (χ2n) is 4.91. The summed E-state index contributed by atoms with van der Waals surface area (Å²) in [6, 6.07) is 3.88. The minimum atomic E-state index is -3.89. The molecule has 0 aliphatic heterocycles. The van der Waals surface area contributed by atoms with E-state index in [9.17, 15) is 13.2 Å². The Balaban J connectivity index is 3.22. The van der Waals surface area contributed by atoms with Gasteiger partial charge in [-0.25, -0.2) is 17.9 Å². The first-order valence-electron chi connectivity index (χ1n) is 6.49. The zero-order valence-corrected chi connectivity index (χ0v) is 12.8. The van der Waals surface area contributed by atoms with Gasteiger partial charge in [-0.15, -0.1) is 0 Å². The molecule has 0 amide bonds. The van der Waals surface area contributed by atoms with Crippen LogP contribution in [0.3, 0.4) is 0 Å². The van der Waals surface area contributed by atoms with Crippen LogP contribution in [-0.4, -0.2) is 44.3 Å². The summed E-state index contributed by atoms with van der Waals surface area (Å²) in [4.78, 5) is 10.9. The molecule has 0 aromatic heterocycles. The lowest BCUT2D eigenvalue weighted by Gasteiger charge is -2.15. The summed E-state index contributed by atoms with van der Waals surface area (Å²) >= 11 is 0. The molecule has 0 heterocycles.